The van der Waals surface area contributed by atoms with Crippen LogP contribution in [0.15, 0.2) is 29.3 Å². The monoisotopic (exact) mass is 292 g/mol. The van der Waals surface area contributed by atoms with Crippen molar-refractivity contribution >= 4 is 11.9 Å². The molecule has 0 heterocycles. The Bertz CT molecular complexity index is 486. The lowest BCUT2D eigenvalue weighted by Crippen LogP contribution is -2.44. The highest BCUT2D eigenvalue weighted by Crippen LogP contribution is 2.11. The number of methoxy groups -OCH3 is 1. The summed E-state index contributed by atoms with van der Waals surface area (Å²) >= 11 is 0. The Morgan fingerprint density at radius 1 is 1.29 bits per heavy atom. The van der Waals surface area contributed by atoms with Gasteiger partial charge in [-0.15, -0.1) is 0 Å². The number of hydrogen-bond acceptors (Lipinski definition) is 3. The Hall–Kier alpha value is -2.24. The molecular weight excluding hydrogens is 268 g/mol. The van der Waals surface area contributed by atoms with Crippen molar-refractivity contribution in [1.82, 2.24) is 16.0 Å². The van der Waals surface area contributed by atoms with Crippen LogP contribution in [-0.4, -0.2) is 45.2 Å². The molecule has 0 aliphatic rings. The van der Waals surface area contributed by atoms with Gasteiger partial charge in [-0.05, 0) is 32.0 Å². The minimum atomic E-state index is -0.123. The highest BCUT2D eigenvalue weighted by atomic mass is 16.5. The number of guanidine groups is 1. The van der Waals surface area contributed by atoms with Crippen molar-refractivity contribution in [2.45, 2.75) is 19.9 Å². The molecule has 6 heteroatoms. The first-order chi connectivity index (χ1) is 10.1. The van der Waals surface area contributed by atoms with E-state index >= 15 is 0 Å². The van der Waals surface area contributed by atoms with Crippen LogP contribution in [0.25, 0.3) is 0 Å². The van der Waals surface area contributed by atoms with E-state index in [1.54, 1.807) is 38.4 Å². The lowest BCUT2D eigenvalue weighted by atomic mass is 10.2. The molecule has 1 aromatic rings. The average molecular weight is 292 g/mol. The molecule has 3 N–H and O–H groups in total. The quantitative estimate of drug-likeness (QED) is 0.415. The lowest BCUT2D eigenvalue weighted by Gasteiger charge is -2.14. The predicted octanol–water partition coefficient (Wildman–Crippen LogP) is 0.998. The van der Waals surface area contributed by atoms with Gasteiger partial charge in [-0.2, -0.15) is 0 Å². The molecule has 0 unspecified atom stereocenters. The first-order valence-electron chi connectivity index (χ1n) is 6.96. The van der Waals surface area contributed by atoms with Crippen LogP contribution < -0.4 is 20.7 Å². The minimum Gasteiger partial charge on any atom is -0.497 e. The molecule has 0 saturated heterocycles. The maximum atomic E-state index is 12.0. The summed E-state index contributed by atoms with van der Waals surface area (Å²) in [5, 5.41) is 9.15. The van der Waals surface area contributed by atoms with Gasteiger partial charge in [0.25, 0.3) is 5.91 Å². The Labute approximate surface area is 126 Å². The van der Waals surface area contributed by atoms with E-state index in [0.29, 0.717) is 30.4 Å². The fraction of sp³-hybridized carbons (Fsp3) is 0.467. The van der Waals surface area contributed by atoms with Crippen LogP contribution >= 0.6 is 0 Å². The number of carbonyl (C=O) groups is 1. The Kier molecular flexibility index (Phi) is 7.08. The first kappa shape index (κ1) is 16.8. The van der Waals surface area contributed by atoms with E-state index in [-0.39, 0.29) is 5.91 Å². The molecule has 6 nitrogen and oxygen atoms in total. The van der Waals surface area contributed by atoms with Gasteiger partial charge in [0.05, 0.1) is 7.11 Å². The van der Waals surface area contributed by atoms with Crippen LogP contribution in [0.5, 0.6) is 5.75 Å². The van der Waals surface area contributed by atoms with Gasteiger partial charge >= 0.3 is 0 Å². The maximum absolute atomic E-state index is 12.0. The number of rotatable bonds is 6. The number of amides is 1. The van der Waals surface area contributed by atoms with Crippen LogP contribution in [0, 0.1) is 0 Å². The smallest absolute Gasteiger partial charge is 0.251 e. The number of benzene rings is 1. The number of aliphatic imine (C=N–C) groups is 1. The van der Waals surface area contributed by atoms with Gasteiger partial charge in [-0.1, -0.05) is 6.07 Å². The molecule has 0 fully saturated rings. The summed E-state index contributed by atoms with van der Waals surface area (Å²) in [6.07, 6.45) is 0. The molecular formula is C15H24N4O2. The highest BCUT2D eigenvalue weighted by molar-refractivity contribution is 5.94. The third-order valence-electron chi connectivity index (χ3n) is 2.68. The van der Waals surface area contributed by atoms with Gasteiger partial charge < -0.3 is 20.7 Å². The molecule has 0 aliphatic carbocycles. The second kappa shape index (κ2) is 8.84. The van der Waals surface area contributed by atoms with Crippen LogP contribution in [-0.2, 0) is 0 Å². The van der Waals surface area contributed by atoms with E-state index in [1.165, 1.54) is 0 Å². The van der Waals surface area contributed by atoms with E-state index in [2.05, 4.69) is 20.9 Å². The van der Waals surface area contributed by atoms with Crippen molar-refractivity contribution in [3.05, 3.63) is 29.8 Å². The van der Waals surface area contributed by atoms with Gasteiger partial charge in [0.1, 0.15) is 5.75 Å². The fourth-order valence-electron chi connectivity index (χ4n) is 1.69. The van der Waals surface area contributed by atoms with Crippen LogP contribution in [0.3, 0.4) is 0 Å². The van der Waals surface area contributed by atoms with Crippen molar-refractivity contribution in [3.63, 3.8) is 0 Å². The topological polar surface area (TPSA) is 74.8 Å². The molecule has 0 bridgehead atoms. The fourth-order valence-corrected chi connectivity index (χ4v) is 1.69. The van der Waals surface area contributed by atoms with E-state index < -0.39 is 0 Å². The van der Waals surface area contributed by atoms with Crippen molar-refractivity contribution < 1.29 is 9.53 Å². The highest BCUT2D eigenvalue weighted by Gasteiger charge is 2.06. The zero-order chi connectivity index (χ0) is 15.7. The molecule has 21 heavy (non-hydrogen) atoms. The van der Waals surface area contributed by atoms with Crippen LogP contribution in [0.2, 0.25) is 0 Å². The Morgan fingerprint density at radius 3 is 2.62 bits per heavy atom. The normalized spacial score (nSPS) is 11.2. The maximum Gasteiger partial charge on any atom is 0.251 e. The van der Waals surface area contributed by atoms with Crippen LogP contribution in [0.1, 0.15) is 24.2 Å². The molecule has 1 rings (SSSR count). The zero-order valence-corrected chi connectivity index (χ0v) is 13.1. The molecule has 0 saturated carbocycles. The number of carbonyl (C=O) groups excluding carboxylic acids is 1. The lowest BCUT2D eigenvalue weighted by molar-refractivity contribution is 0.0954. The van der Waals surface area contributed by atoms with E-state index in [1.807, 2.05) is 13.8 Å². The zero-order valence-electron chi connectivity index (χ0n) is 13.1. The number of nitrogens with one attached hydrogen (secondary N) is 3. The molecule has 0 aromatic heterocycles. The van der Waals surface area contributed by atoms with Crippen LogP contribution in [0.4, 0.5) is 0 Å². The third kappa shape index (κ3) is 6.16. The van der Waals surface area contributed by atoms with E-state index in [4.69, 9.17) is 4.74 Å². The van der Waals surface area contributed by atoms with Crippen molar-refractivity contribution in [2.75, 3.05) is 27.2 Å². The molecule has 0 spiro atoms. The van der Waals surface area contributed by atoms with Gasteiger partial charge in [-0.25, -0.2) is 0 Å². The summed E-state index contributed by atoms with van der Waals surface area (Å²) in [6, 6.07) is 7.37. The Morgan fingerprint density at radius 2 is 2.00 bits per heavy atom. The standard InChI is InChI=1S/C15H24N4O2/c1-11(2)19-15(16-3)18-9-8-17-14(20)12-6-5-7-13(10-12)21-4/h5-7,10-11H,8-9H2,1-4H3,(H,17,20)(H2,16,18,19). The van der Waals surface area contributed by atoms with Gasteiger partial charge in [0, 0.05) is 31.7 Å². The molecule has 1 amide bonds. The second-order valence-electron chi connectivity index (χ2n) is 4.79. The minimum absolute atomic E-state index is 0.123. The molecule has 1 aromatic carbocycles. The SMILES string of the molecule is CN=C(NCCNC(=O)c1cccc(OC)c1)NC(C)C. The van der Waals surface area contributed by atoms with Gasteiger partial charge in [0.2, 0.25) is 0 Å². The number of nitrogens with zero attached hydrogens (tertiary/aromatic N) is 1. The average Bonchev–Trinajstić information content (AvgIpc) is 2.49. The van der Waals surface area contributed by atoms with Gasteiger partial charge in [0.15, 0.2) is 5.96 Å². The third-order valence-corrected chi connectivity index (χ3v) is 2.68. The molecule has 0 radical (unpaired) electrons. The number of ether oxygens (including phenoxy) is 1. The number of hydrogen-bond donors (Lipinski definition) is 3. The van der Waals surface area contributed by atoms with E-state index in [0.717, 1.165) is 5.96 Å². The molecule has 0 atom stereocenters. The summed E-state index contributed by atoms with van der Waals surface area (Å²) in [5.41, 5.74) is 0.582. The van der Waals surface area contributed by atoms with Crippen molar-refractivity contribution in [2.24, 2.45) is 4.99 Å². The van der Waals surface area contributed by atoms with Crippen molar-refractivity contribution in [1.29, 1.82) is 0 Å². The first-order valence-corrected chi connectivity index (χ1v) is 6.96. The summed E-state index contributed by atoms with van der Waals surface area (Å²) in [6.45, 7) is 5.19. The van der Waals surface area contributed by atoms with Crippen molar-refractivity contribution in [3.8, 4) is 5.75 Å². The molecule has 0 aliphatic heterocycles. The summed E-state index contributed by atoms with van der Waals surface area (Å²) in [7, 11) is 3.29. The van der Waals surface area contributed by atoms with E-state index in [9.17, 15) is 4.79 Å². The molecule has 116 valence electrons. The Balaban J connectivity index is 2.36. The predicted molar refractivity (Wildman–Crippen MR) is 85.0 cm³/mol. The summed E-state index contributed by atoms with van der Waals surface area (Å²) in [4.78, 5) is 16.1. The summed E-state index contributed by atoms with van der Waals surface area (Å²) in [5.74, 6) is 1.27. The largest absolute Gasteiger partial charge is 0.497 e. The second-order valence-corrected chi connectivity index (χ2v) is 4.79. The van der Waals surface area contributed by atoms with Gasteiger partial charge in [-0.3, -0.25) is 9.79 Å². The summed E-state index contributed by atoms with van der Waals surface area (Å²) < 4.78 is 5.10.